The van der Waals surface area contributed by atoms with E-state index in [1.165, 1.54) is 4.57 Å². The molecule has 0 bridgehead atoms. The fraction of sp³-hybridized carbons (Fsp3) is 0.400. The van der Waals surface area contributed by atoms with Crippen LogP contribution in [0.4, 0.5) is 10.3 Å². The van der Waals surface area contributed by atoms with Crippen molar-refractivity contribution in [3.8, 4) is 0 Å². The Kier molecular flexibility index (Phi) is 3.84. The number of H-pyrrole nitrogens is 1. The molecule has 2 heterocycles. The molecule has 2 N–H and O–H groups in total. The molecule has 2 rings (SSSR count). The van der Waals surface area contributed by atoms with Crippen LogP contribution in [-0.4, -0.2) is 31.8 Å². The van der Waals surface area contributed by atoms with Gasteiger partial charge < -0.3 is 5.32 Å². The number of nitrogens with zero attached hydrogens (tertiary/aromatic N) is 4. The molecule has 0 saturated carbocycles. The lowest BCUT2D eigenvalue weighted by Gasteiger charge is -2.08. The molecule has 0 aliphatic heterocycles. The predicted octanol–water partition coefficient (Wildman–Crippen LogP) is 1.27. The van der Waals surface area contributed by atoms with Crippen LogP contribution < -0.4 is 11.0 Å². The topological polar surface area (TPSA) is 88.5 Å². The summed E-state index contributed by atoms with van der Waals surface area (Å²) < 4.78 is 15.1. The molecular formula is C10H13FN6OS. The molecule has 2 aromatic rings. The Balaban J connectivity index is 2.39. The Hall–Kier alpha value is -1.90. The van der Waals surface area contributed by atoms with Gasteiger partial charge in [0.05, 0.1) is 6.20 Å². The van der Waals surface area contributed by atoms with Crippen molar-refractivity contribution in [2.45, 2.75) is 30.1 Å². The SMILES string of the molecule is CNc1ncc(F)c(Sc2n[nH]c(=O)n2C(C)C)n1. The van der Waals surface area contributed by atoms with E-state index >= 15 is 0 Å². The minimum absolute atomic E-state index is 0.0811. The van der Waals surface area contributed by atoms with Gasteiger partial charge in [0.25, 0.3) is 0 Å². The van der Waals surface area contributed by atoms with Gasteiger partial charge in [-0.3, -0.25) is 4.57 Å². The molecule has 0 saturated heterocycles. The third-order valence-corrected chi connectivity index (χ3v) is 3.26. The van der Waals surface area contributed by atoms with Gasteiger partial charge in [0.1, 0.15) is 5.03 Å². The molecule has 0 fully saturated rings. The summed E-state index contributed by atoms with van der Waals surface area (Å²) in [7, 11) is 1.64. The van der Waals surface area contributed by atoms with Crippen molar-refractivity contribution in [1.82, 2.24) is 24.7 Å². The van der Waals surface area contributed by atoms with E-state index < -0.39 is 5.82 Å². The first kappa shape index (κ1) is 13.5. The molecule has 0 spiro atoms. The molecular weight excluding hydrogens is 271 g/mol. The van der Waals surface area contributed by atoms with Gasteiger partial charge in [0, 0.05) is 13.1 Å². The summed E-state index contributed by atoms with van der Waals surface area (Å²) in [4.78, 5) is 19.3. The lowest BCUT2D eigenvalue weighted by Crippen LogP contribution is -2.19. The predicted molar refractivity (Wildman–Crippen MR) is 68.9 cm³/mol. The molecule has 102 valence electrons. The first-order chi connectivity index (χ1) is 9.02. The van der Waals surface area contributed by atoms with Crippen LogP contribution in [0.3, 0.4) is 0 Å². The molecule has 0 atom stereocenters. The summed E-state index contributed by atoms with van der Waals surface area (Å²) in [5.41, 5.74) is -0.333. The summed E-state index contributed by atoms with van der Waals surface area (Å²) in [5.74, 6) is -0.257. The third-order valence-electron chi connectivity index (χ3n) is 2.31. The average molecular weight is 284 g/mol. The highest BCUT2D eigenvalue weighted by Crippen LogP contribution is 2.27. The zero-order valence-corrected chi connectivity index (χ0v) is 11.5. The summed E-state index contributed by atoms with van der Waals surface area (Å²) in [6, 6.07) is -0.0811. The van der Waals surface area contributed by atoms with Crippen molar-refractivity contribution in [1.29, 1.82) is 0 Å². The van der Waals surface area contributed by atoms with Crippen LogP contribution in [0.25, 0.3) is 0 Å². The van der Waals surface area contributed by atoms with Crippen LogP contribution in [0.15, 0.2) is 21.2 Å². The van der Waals surface area contributed by atoms with E-state index in [-0.39, 0.29) is 16.8 Å². The largest absolute Gasteiger partial charge is 0.357 e. The zero-order valence-electron chi connectivity index (χ0n) is 10.6. The Morgan fingerprint density at radius 3 is 2.89 bits per heavy atom. The van der Waals surface area contributed by atoms with Crippen LogP contribution in [0.2, 0.25) is 0 Å². The zero-order chi connectivity index (χ0) is 14.0. The van der Waals surface area contributed by atoms with Gasteiger partial charge in [-0.2, -0.15) is 0 Å². The van der Waals surface area contributed by atoms with E-state index in [1.807, 2.05) is 13.8 Å². The van der Waals surface area contributed by atoms with E-state index in [1.54, 1.807) is 7.05 Å². The standard InChI is InChI=1S/C10H13FN6OS/c1-5(2)17-9(18)15-16-10(17)19-7-6(11)4-13-8(12-3)14-7/h4-5H,1-3H3,(H,15,18)(H,12,13,14). The Labute approximate surface area is 112 Å². The number of anilines is 1. The highest BCUT2D eigenvalue weighted by molar-refractivity contribution is 7.99. The van der Waals surface area contributed by atoms with Gasteiger partial charge in [0.2, 0.25) is 5.95 Å². The maximum atomic E-state index is 13.6. The number of hydrogen-bond acceptors (Lipinski definition) is 6. The van der Waals surface area contributed by atoms with Crippen LogP contribution in [-0.2, 0) is 0 Å². The van der Waals surface area contributed by atoms with E-state index in [4.69, 9.17) is 0 Å². The van der Waals surface area contributed by atoms with Crippen molar-refractivity contribution in [3.05, 3.63) is 22.5 Å². The highest BCUT2D eigenvalue weighted by atomic mass is 32.2. The molecule has 2 aromatic heterocycles. The van der Waals surface area contributed by atoms with Gasteiger partial charge in [-0.05, 0) is 25.6 Å². The number of rotatable bonds is 4. The minimum Gasteiger partial charge on any atom is -0.357 e. The van der Waals surface area contributed by atoms with Gasteiger partial charge in [-0.15, -0.1) is 5.10 Å². The molecule has 0 unspecified atom stereocenters. The first-order valence-corrected chi connectivity index (χ1v) is 6.39. The quantitative estimate of drug-likeness (QED) is 0.822. The van der Waals surface area contributed by atoms with Crippen molar-refractivity contribution >= 4 is 17.7 Å². The lowest BCUT2D eigenvalue weighted by atomic mass is 10.4. The number of nitrogens with one attached hydrogen (secondary N) is 2. The molecule has 0 aliphatic rings. The average Bonchev–Trinajstić information content (AvgIpc) is 2.73. The van der Waals surface area contributed by atoms with Gasteiger partial charge in [-0.25, -0.2) is 24.3 Å². The van der Waals surface area contributed by atoms with Gasteiger partial charge in [0.15, 0.2) is 11.0 Å². The van der Waals surface area contributed by atoms with Crippen molar-refractivity contribution in [3.63, 3.8) is 0 Å². The maximum absolute atomic E-state index is 13.6. The normalized spacial score (nSPS) is 11.0. The Bertz CT molecular complexity index is 637. The second-order valence-electron chi connectivity index (χ2n) is 3.97. The number of halogens is 1. The minimum atomic E-state index is -0.560. The smallest absolute Gasteiger partial charge is 0.344 e. The molecule has 0 radical (unpaired) electrons. The first-order valence-electron chi connectivity index (χ1n) is 5.58. The maximum Gasteiger partial charge on any atom is 0.344 e. The van der Waals surface area contributed by atoms with E-state index in [0.717, 1.165) is 18.0 Å². The molecule has 0 aromatic carbocycles. The summed E-state index contributed by atoms with van der Waals surface area (Å²) in [6.45, 7) is 3.69. The van der Waals surface area contributed by atoms with E-state index in [2.05, 4.69) is 25.5 Å². The molecule has 7 nitrogen and oxygen atoms in total. The van der Waals surface area contributed by atoms with Crippen molar-refractivity contribution < 1.29 is 4.39 Å². The highest BCUT2D eigenvalue weighted by Gasteiger charge is 2.16. The molecule has 0 amide bonds. The number of hydrogen-bond donors (Lipinski definition) is 2. The van der Waals surface area contributed by atoms with Crippen molar-refractivity contribution in [2.75, 3.05) is 12.4 Å². The van der Waals surface area contributed by atoms with Crippen LogP contribution in [0, 0.1) is 5.82 Å². The van der Waals surface area contributed by atoms with E-state index in [0.29, 0.717) is 11.1 Å². The monoisotopic (exact) mass is 284 g/mol. The van der Waals surface area contributed by atoms with Gasteiger partial charge in [-0.1, -0.05) is 0 Å². The molecule has 0 aliphatic carbocycles. The Morgan fingerprint density at radius 1 is 1.53 bits per heavy atom. The van der Waals surface area contributed by atoms with Crippen LogP contribution in [0.5, 0.6) is 0 Å². The number of aromatic amines is 1. The van der Waals surface area contributed by atoms with Crippen LogP contribution in [0.1, 0.15) is 19.9 Å². The fourth-order valence-corrected chi connectivity index (χ4v) is 2.39. The second kappa shape index (κ2) is 5.39. The third kappa shape index (κ3) is 2.75. The summed E-state index contributed by atoms with van der Waals surface area (Å²) in [5, 5.41) is 9.41. The number of aromatic nitrogens is 5. The fourth-order valence-electron chi connectivity index (χ4n) is 1.45. The Morgan fingerprint density at radius 2 is 2.26 bits per heavy atom. The van der Waals surface area contributed by atoms with Crippen LogP contribution >= 0.6 is 11.8 Å². The summed E-state index contributed by atoms with van der Waals surface area (Å²) >= 11 is 0.974. The second-order valence-corrected chi connectivity index (χ2v) is 4.93. The molecule has 19 heavy (non-hydrogen) atoms. The molecule has 9 heteroatoms. The summed E-state index contributed by atoms with van der Waals surface area (Å²) in [6.07, 6.45) is 1.08. The van der Waals surface area contributed by atoms with Gasteiger partial charge >= 0.3 is 5.69 Å². The van der Waals surface area contributed by atoms with Crippen molar-refractivity contribution in [2.24, 2.45) is 0 Å². The lowest BCUT2D eigenvalue weighted by molar-refractivity contribution is 0.532. The van der Waals surface area contributed by atoms with E-state index in [9.17, 15) is 9.18 Å².